The van der Waals surface area contributed by atoms with Gasteiger partial charge in [-0.3, -0.25) is 0 Å². The highest BCUT2D eigenvalue weighted by atomic mass is 16.7. The van der Waals surface area contributed by atoms with Crippen LogP contribution in [0.1, 0.15) is 25.7 Å². The Kier molecular flexibility index (Phi) is 1.33. The summed E-state index contributed by atoms with van der Waals surface area (Å²) < 4.78 is 12.1. The van der Waals surface area contributed by atoms with Crippen LogP contribution in [-0.2, 0) is 0 Å². The minimum Gasteiger partial charge on any atom is -0.448 e. The molecule has 0 radical (unpaired) electrons. The van der Waals surface area contributed by atoms with Crippen molar-refractivity contribution in [2.24, 2.45) is 11.8 Å². The lowest BCUT2D eigenvalue weighted by molar-refractivity contribution is -0.120. The molecule has 1 spiro atoms. The second kappa shape index (κ2) is 2.49. The van der Waals surface area contributed by atoms with Gasteiger partial charge in [0.25, 0.3) is 5.79 Å². The van der Waals surface area contributed by atoms with E-state index in [1.165, 1.54) is 19.3 Å². The van der Waals surface area contributed by atoms with Crippen molar-refractivity contribution in [1.29, 1.82) is 0 Å². The summed E-state index contributed by atoms with van der Waals surface area (Å²) in [6.07, 6.45) is 5.04. The Hall–Kier alpha value is -1.18. The van der Waals surface area contributed by atoms with Crippen LogP contribution in [0.15, 0.2) is 24.3 Å². The lowest BCUT2D eigenvalue weighted by Crippen LogP contribution is -2.43. The van der Waals surface area contributed by atoms with Crippen molar-refractivity contribution in [3.8, 4) is 11.5 Å². The van der Waals surface area contributed by atoms with Gasteiger partial charge in [-0.1, -0.05) is 12.1 Å². The molecule has 0 saturated heterocycles. The van der Waals surface area contributed by atoms with E-state index in [1.807, 2.05) is 24.3 Å². The first-order valence-electron chi connectivity index (χ1n) is 5.83. The number of hydrogen-bond acceptors (Lipinski definition) is 2. The maximum atomic E-state index is 6.07. The van der Waals surface area contributed by atoms with Crippen molar-refractivity contribution in [3.05, 3.63) is 24.3 Å². The molecule has 3 aliphatic rings. The summed E-state index contributed by atoms with van der Waals surface area (Å²) in [5.74, 6) is 3.04. The second-order valence-electron chi connectivity index (χ2n) is 5.04. The van der Waals surface area contributed by atoms with Crippen molar-refractivity contribution in [1.82, 2.24) is 0 Å². The highest BCUT2D eigenvalue weighted by Gasteiger charge is 2.57. The molecule has 2 aliphatic carbocycles. The molecule has 1 aromatic carbocycles. The molecule has 2 atom stereocenters. The Bertz CT molecular complexity index is 388. The van der Waals surface area contributed by atoms with Gasteiger partial charge in [-0.05, 0) is 37.3 Å². The summed E-state index contributed by atoms with van der Waals surface area (Å²) in [7, 11) is 0. The zero-order valence-electron chi connectivity index (χ0n) is 8.61. The van der Waals surface area contributed by atoms with E-state index >= 15 is 0 Å². The highest BCUT2D eigenvalue weighted by Crippen LogP contribution is 2.57. The average molecular weight is 202 g/mol. The van der Waals surface area contributed by atoms with E-state index in [9.17, 15) is 0 Å². The quantitative estimate of drug-likeness (QED) is 0.644. The van der Waals surface area contributed by atoms with Gasteiger partial charge < -0.3 is 9.47 Å². The smallest absolute Gasteiger partial charge is 0.254 e. The summed E-state index contributed by atoms with van der Waals surface area (Å²) in [4.78, 5) is 0. The van der Waals surface area contributed by atoms with Crippen molar-refractivity contribution in [2.75, 3.05) is 0 Å². The van der Waals surface area contributed by atoms with Crippen LogP contribution in [0.3, 0.4) is 0 Å². The van der Waals surface area contributed by atoms with Crippen LogP contribution in [0.2, 0.25) is 0 Å². The van der Waals surface area contributed by atoms with Gasteiger partial charge in [0, 0.05) is 12.3 Å². The van der Waals surface area contributed by atoms with E-state index in [4.69, 9.17) is 9.47 Å². The Morgan fingerprint density at radius 2 is 1.80 bits per heavy atom. The third-order valence-electron chi connectivity index (χ3n) is 4.15. The van der Waals surface area contributed by atoms with Gasteiger partial charge in [0.05, 0.1) is 0 Å². The molecule has 0 amide bonds. The van der Waals surface area contributed by atoms with Crippen LogP contribution in [0, 0.1) is 11.8 Å². The lowest BCUT2D eigenvalue weighted by atomic mass is 9.94. The summed E-state index contributed by atoms with van der Waals surface area (Å²) in [6.45, 7) is 0. The summed E-state index contributed by atoms with van der Waals surface area (Å²) in [6, 6.07) is 8.04. The van der Waals surface area contributed by atoms with Crippen molar-refractivity contribution < 1.29 is 9.47 Å². The van der Waals surface area contributed by atoms with Gasteiger partial charge in [-0.25, -0.2) is 0 Å². The number of benzene rings is 1. The highest BCUT2D eigenvalue weighted by molar-refractivity contribution is 5.43. The number of rotatable bonds is 0. The molecule has 4 rings (SSSR count). The van der Waals surface area contributed by atoms with Gasteiger partial charge >= 0.3 is 0 Å². The summed E-state index contributed by atoms with van der Waals surface area (Å²) in [5, 5.41) is 0. The van der Waals surface area contributed by atoms with Gasteiger partial charge in [0.2, 0.25) is 0 Å². The van der Waals surface area contributed by atoms with Crippen LogP contribution < -0.4 is 9.47 Å². The number of para-hydroxylation sites is 2. The monoisotopic (exact) mass is 202 g/mol. The normalized spacial score (nSPS) is 33.9. The van der Waals surface area contributed by atoms with Crippen molar-refractivity contribution in [2.45, 2.75) is 31.5 Å². The van der Waals surface area contributed by atoms with Gasteiger partial charge in [-0.15, -0.1) is 0 Å². The molecule has 15 heavy (non-hydrogen) atoms. The molecule has 0 aromatic heterocycles. The first kappa shape index (κ1) is 8.03. The van der Waals surface area contributed by atoms with Crippen LogP contribution in [0.25, 0.3) is 0 Å². The molecule has 1 aromatic rings. The predicted octanol–water partition coefficient (Wildman–Crippen LogP) is 2.97. The minimum absolute atomic E-state index is 0.285. The van der Waals surface area contributed by atoms with Crippen LogP contribution in [0.4, 0.5) is 0 Å². The fraction of sp³-hybridized carbons (Fsp3) is 0.538. The van der Waals surface area contributed by atoms with Crippen LogP contribution >= 0.6 is 0 Å². The molecule has 2 fully saturated rings. The molecule has 0 N–H and O–H groups in total. The first-order chi connectivity index (χ1) is 7.36. The van der Waals surface area contributed by atoms with E-state index in [0.717, 1.165) is 23.8 Å². The van der Waals surface area contributed by atoms with Crippen molar-refractivity contribution in [3.63, 3.8) is 0 Å². The van der Waals surface area contributed by atoms with Crippen molar-refractivity contribution >= 4 is 0 Å². The van der Waals surface area contributed by atoms with E-state index < -0.39 is 0 Å². The Labute approximate surface area is 89.2 Å². The molecule has 1 aliphatic heterocycles. The molecule has 2 saturated carbocycles. The Balaban J connectivity index is 1.74. The molecule has 78 valence electrons. The van der Waals surface area contributed by atoms with Crippen LogP contribution in [0.5, 0.6) is 11.5 Å². The molecule has 1 heterocycles. The topological polar surface area (TPSA) is 18.5 Å². The molecule has 2 bridgehead atoms. The first-order valence-corrected chi connectivity index (χ1v) is 5.83. The average Bonchev–Trinajstić information content (AvgIpc) is 2.89. The Morgan fingerprint density at radius 3 is 2.33 bits per heavy atom. The maximum Gasteiger partial charge on any atom is 0.254 e. The molecule has 0 unspecified atom stereocenters. The van der Waals surface area contributed by atoms with Gasteiger partial charge in [-0.2, -0.15) is 0 Å². The summed E-state index contributed by atoms with van der Waals surface area (Å²) in [5.41, 5.74) is 0. The second-order valence-corrected chi connectivity index (χ2v) is 5.04. The maximum absolute atomic E-state index is 6.07. The third kappa shape index (κ3) is 0.947. The number of fused-ring (bicyclic) bond motifs is 4. The third-order valence-corrected chi connectivity index (χ3v) is 4.15. The van der Waals surface area contributed by atoms with E-state index in [0.29, 0.717) is 5.92 Å². The van der Waals surface area contributed by atoms with E-state index in [2.05, 4.69) is 0 Å². The van der Waals surface area contributed by atoms with Gasteiger partial charge in [0.15, 0.2) is 11.5 Å². The van der Waals surface area contributed by atoms with Gasteiger partial charge in [0.1, 0.15) is 0 Å². The molecule has 2 nitrogen and oxygen atoms in total. The Morgan fingerprint density at radius 1 is 1.07 bits per heavy atom. The van der Waals surface area contributed by atoms with E-state index in [1.54, 1.807) is 0 Å². The molecular weight excluding hydrogens is 188 g/mol. The van der Waals surface area contributed by atoms with E-state index in [-0.39, 0.29) is 5.79 Å². The fourth-order valence-electron chi connectivity index (χ4n) is 3.49. The zero-order valence-corrected chi connectivity index (χ0v) is 8.61. The largest absolute Gasteiger partial charge is 0.448 e. The number of ether oxygens (including phenoxy) is 2. The summed E-state index contributed by atoms with van der Waals surface area (Å²) >= 11 is 0. The molecular formula is C13H14O2. The lowest BCUT2D eigenvalue weighted by Gasteiger charge is -2.31. The zero-order chi connectivity index (χ0) is 9.88. The van der Waals surface area contributed by atoms with Crippen LogP contribution in [-0.4, -0.2) is 5.79 Å². The minimum atomic E-state index is -0.285. The predicted molar refractivity (Wildman–Crippen MR) is 55.9 cm³/mol. The molecule has 2 heteroatoms. The standard InChI is InChI=1S/C13H14O2/c1-2-4-12-11(3-1)14-13(15-12)8-9-5-6-10(13)7-9/h1-4,9-10H,5-8H2/t9-,10+/m1/s1. The number of hydrogen-bond donors (Lipinski definition) is 0. The fourth-order valence-corrected chi connectivity index (χ4v) is 3.49. The SMILES string of the molecule is c1ccc2c(c1)OC1(C[C@@H]3CC[C@H]1C3)O2.